The zero-order valence-corrected chi connectivity index (χ0v) is 11.5. The predicted octanol–water partition coefficient (Wildman–Crippen LogP) is 3.11. The van der Waals surface area contributed by atoms with Crippen LogP contribution in [0.3, 0.4) is 0 Å². The molecule has 0 bridgehead atoms. The van der Waals surface area contributed by atoms with E-state index in [2.05, 4.69) is 20.9 Å². The molecule has 18 heavy (non-hydrogen) atoms. The lowest BCUT2D eigenvalue weighted by atomic mass is 10.0. The van der Waals surface area contributed by atoms with Gasteiger partial charge in [-0.3, -0.25) is 4.57 Å². The van der Waals surface area contributed by atoms with E-state index in [4.69, 9.17) is 5.73 Å². The summed E-state index contributed by atoms with van der Waals surface area (Å²) in [7, 11) is 0. The molecule has 0 fully saturated rings. The number of hydrogen-bond donors (Lipinski definition) is 1. The minimum absolute atomic E-state index is 0.188. The van der Waals surface area contributed by atoms with Crippen LogP contribution in [0.5, 0.6) is 0 Å². The van der Waals surface area contributed by atoms with Crippen LogP contribution >= 0.6 is 15.9 Å². The summed E-state index contributed by atoms with van der Waals surface area (Å²) in [6.07, 6.45) is 3.02. The van der Waals surface area contributed by atoms with Gasteiger partial charge in [-0.25, -0.2) is 13.8 Å². The summed E-state index contributed by atoms with van der Waals surface area (Å²) in [6, 6.07) is 2.19. The number of nitrogens with zero attached hydrogens (tertiary/aromatic N) is 2. The summed E-state index contributed by atoms with van der Waals surface area (Å²) in [5.74, 6) is -1.32. The van der Waals surface area contributed by atoms with E-state index in [0.29, 0.717) is 5.69 Å². The third-order valence-electron chi connectivity index (χ3n) is 2.55. The fourth-order valence-corrected chi connectivity index (χ4v) is 1.99. The van der Waals surface area contributed by atoms with Crippen LogP contribution in [0, 0.1) is 11.6 Å². The molecule has 0 amide bonds. The molecule has 96 valence electrons. The molecule has 6 heteroatoms. The topological polar surface area (TPSA) is 43.8 Å². The van der Waals surface area contributed by atoms with Crippen molar-refractivity contribution in [2.75, 3.05) is 0 Å². The Morgan fingerprint density at radius 1 is 1.28 bits per heavy atom. The van der Waals surface area contributed by atoms with Crippen LogP contribution in [-0.4, -0.2) is 9.55 Å². The monoisotopic (exact) mass is 315 g/mol. The van der Waals surface area contributed by atoms with E-state index in [0.717, 1.165) is 6.07 Å². The van der Waals surface area contributed by atoms with Gasteiger partial charge >= 0.3 is 0 Å². The van der Waals surface area contributed by atoms with Gasteiger partial charge in [-0.1, -0.05) is 0 Å². The van der Waals surface area contributed by atoms with Gasteiger partial charge in [0.25, 0.3) is 0 Å². The van der Waals surface area contributed by atoms with Crippen LogP contribution in [0.4, 0.5) is 8.78 Å². The molecule has 0 atom stereocenters. The van der Waals surface area contributed by atoms with E-state index < -0.39 is 17.2 Å². The normalized spacial score (nSPS) is 11.9. The zero-order valence-electron chi connectivity index (χ0n) is 9.92. The highest BCUT2D eigenvalue weighted by Gasteiger charge is 2.21. The van der Waals surface area contributed by atoms with E-state index in [9.17, 15) is 8.78 Å². The molecule has 0 radical (unpaired) electrons. The first-order valence-electron chi connectivity index (χ1n) is 5.27. The minimum atomic E-state index is -0.677. The molecular weight excluding hydrogens is 304 g/mol. The fourth-order valence-electron chi connectivity index (χ4n) is 1.66. The first-order chi connectivity index (χ1) is 8.30. The van der Waals surface area contributed by atoms with Crippen LogP contribution in [0.25, 0.3) is 5.69 Å². The van der Waals surface area contributed by atoms with Gasteiger partial charge < -0.3 is 5.73 Å². The van der Waals surface area contributed by atoms with E-state index in [1.165, 1.54) is 17.0 Å². The van der Waals surface area contributed by atoms with Crippen molar-refractivity contribution in [3.63, 3.8) is 0 Å². The van der Waals surface area contributed by atoms with Crippen molar-refractivity contribution in [3.05, 3.63) is 46.5 Å². The van der Waals surface area contributed by atoms with Gasteiger partial charge in [-0.2, -0.15) is 0 Å². The van der Waals surface area contributed by atoms with Crippen LogP contribution in [0.1, 0.15) is 19.5 Å². The molecule has 0 saturated heterocycles. The average molecular weight is 316 g/mol. The maximum absolute atomic E-state index is 13.8. The van der Waals surface area contributed by atoms with Crippen LogP contribution in [0.2, 0.25) is 0 Å². The van der Waals surface area contributed by atoms with Crippen molar-refractivity contribution in [2.45, 2.75) is 19.4 Å². The summed E-state index contributed by atoms with van der Waals surface area (Å²) < 4.78 is 28.7. The third kappa shape index (κ3) is 2.30. The van der Waals surface area contributed by atoms with Crippen molar-refractivity contribution in [2.24, 2.45) is 5.73 Å². The number of hydrogen-bond acceptors (Lipinski definition) is 2. The summed E-state index contributed by atoms with van der Waals surface area (Å²) in [5.41, 5.74) is 6.15. The second-order valence-corrected chi connectivity index (χ2v) is 5.44. The van der Waals surface area contributed by atoms with Crippen LogP contribution in [-0.2, 0) is 5.54 Å². The quantitative estimate of drug-likeness (QED) is 0.865. The highest BCUT2D eigenvalue weighted by atomic mass is 79.9. The van der Waals surface area contributed by atoms with Gasteiger partial charge in [0.15, 0.2) is 0 Å². The zero-order chi connectivity index (χ0) is 13.5. The Bertz CT molecular complexity index is 587. The number of imidazole rings is 1. The highest BCUT2D eigenvalue weighted by molar-refractivity contribution is 9.10. The lowest BCUT2D eigenvalue weighted by Gasteiger charge is -2.21. The minimum Gasteiger partial charge on any atom is -0.321 e. The Balaban J connectivity index is 2.64. The maximum atomic E-state index is 13.8. The second-order valence-electron chi connectivity index (χ2n) is 4.59. The average Bonchev–Trinajstić information content (AvgIpc) is 2.71. The molecule has 2 rings (SSSR count). The fraction of sp³-hybridized carbons (Fsp3) is 0.250. The molecule has 1 heterocycles. The Kier molecular flexibility index (Phi) is 3.25. The standard InChI is InChI=1S/C12H12BrF2N3/c1-12(2,16)11-5-17-6-18(11)10-3-7(13)8(14)4-9(10)15/h3-6H,16H2,1-2H3. The molecule has 1 aromatic heterocycles. The van der Waals surface area contributed by atoms with Gasteiger partial charge in [-0.15, -0.1) is 0 Å². The van der Waals surface area contributed by atoms with Crippen molar-refractivity contribution < 1.29 is 8.78 Å². The summed E-state index contributed by atoms with van der Waals surface area (Å²) in [6.45, 7) is 3.58. The smallest absolute Gasteiger partial charge is 0.150 e. The lowest BCUT2D eigenvalue weighted by molar-refractivity contribution is 0.517. The molecular formula is C12H12BrF2N3. The number of benzene rings is 1. The number of nitrogens with two attached hydrogens (primary N) is 1. The molecule has 3 nitrogen and oxygen atoms in total. The number of rotatable bonds is 2. The largest absolute Gasteiger partial charge is 0.321 e. The van der Waals surface area contributed by atoms with Crippen LogP contribution < -0.4 is 5.73 Å². The SMILES string of the molecule is CC(C)(N)c1cncn1-c1cc(Br)c(F)cc1F. The Hall–Kier alpha value is -1.27. The molecule has 0 aliphatic heterocycles. The third-order valence-corrected chi connectivity index (χ3v) is 3.16. The lowest BCUT2D eigenvalue weighted by Crippen LogP contribution is -2.31. The molecule has 0 saturated carbocycles. The van der Waals surface area contributed by atoms with Gasteiger partial charge in [0.05, 0.1) is 33.9 Å². The van der Waals surface area contributed by atoms with Crippen molar-refractivity contribution in [1.82, 2.24) is 9.55 Å². The van der Waals surface area contributed by atoms with Crippen LogP contribution in [0.15, 0.2) is 29.1 Å². The highest BCUT2D eigenvalue weighted by Crippen LogP contribution is 2.26. The van der Waals surface area contributed by atoms with E-state index in [-0.39, 0.29) is 10.2 Å². The summed E-state index contributed by atoms with van der Waals surface area (Å²) in [5, 5.41) is 0. The van der Waals surface area contributed by atoms with Gasteiger partial charge in [-0.05, 0) is 35.8 Å². The van der Waals surface area contributed by atoms with Crippen molar-refractivity contribution >= 4 is 15.9 Å². The Labute approximate surface area is 112 Å². The summed E-state index contributed by atoms with van der Waals surface area (Å²) >= 11 is 3.03. The van der Waals surface area contributed by atoms with E-state index in [1.54, 1.807) is 20.0 Å². The molecule has 2 N–H and O–H groups in total. The van der Waals surface area contributed by atoms with E-state index in [1.807, 2.05) is 0 Å². The molecule has 0 aliphatic carbocycles. The second kappa shape index (κ2) is 4.44. The number of halogens is 3. The van der Waals surface area contributed by atoms with Crippen molar-refractivity contribution in [1.29, 1.82) is 0 Å². The Morgan fingerprint density at radius 2 is 1.94 bits per heavy atom. The Morgan fingerprint density at radius 3 is 2.56 bits per heavy atom. The summed E-state index contributed by atoms with van der Waals surface area (Å²) in [4.78, 5) is 3.97. The molecule has 0 spiro atoms. The molecule has 2 aromatic rings. The van der Waals surface area contributed by atoms with Crippen molar-refractivity contribution in [3.8, 4) is 5.69 Å². The predicted molar refractivity (Wildman–Crippen MR) is 68.4 cm³/mol. The first-order valence-corrected chi connectivity index (χ1v) is 6.06. The maximum Gasteiger partial charge on any atom is 0.150 e. The molecule has 1 aromatic carbocycles. The molecule has 0 aliphatic rings. The van der Waals surface area contributed by atoms with Gasteiger partial charge in [0.2, 0.25) is 0 Å². The van der Waals surface area contributed by atoms with E-state index >= 15 is 0 Å². The van der Waals surface area contributed by atoms with Gasteiger partial charge in [0.1, 0.15) is 11.6 Å². The first kappa shape index (κ1) is 13.2. The number of aromatic nitrogens is 2. The molecule has 0 unspecified atom stereocenters. The van der Waals surface area contributed by atoms with Gasteiger partial charge in [0, 0.05) is 6.07 Å².